The van der Waals surface area contributed by atoms with Gasteiger partial charge in [-0.3, -0.25) is 4.79 Å². The average Bonchev–Trinajstić information content (AvgIpc) is 2.47. The van der Waals surface area contributed by atoms with E-state index in [0.717, 1.165) is 0 Å². The Morgan fingerprint density at radius 2 is 1.88 bits per heavy atom. The number of hydrogen-bond donors (Lipinski definition) is 1. The molecule has 7 heteroatoms. The topological polar surface area (TPSA) is 84.9 Å². The van der Waals surface area contributed by atoms with Crippen molar-refractivity contribution in [2.45, 2.75) is 59.1 Å². The van der Waals surface area contributed by atoms with Crippen molar-refractivity contribution in [2.75, 3.05) is 20.2 Å². The van der Waals surface area contributed by atoms with Crippen LogP contribution in [-0.4, -0.2) is 54.7 Å². The lowest BCUT2D eigenvalue weighted by Crippen LogP contribution is -2.43. The number of nitrogens with zero attached hydrogens (tertiary/aromatic N) is 1. The molecular formula is C17H30N2O5. The van der Waals surface area contributed by atoms with Crippen molar-refractivity contribution < 1.29 is 23.9 Å². The number of carbonyl (C=O) groups is 3. The molecule has 2 amide bonds. The van der Waals surface area contributed by atoms with Gasteiger partial charge in [0, 0.05) is 20.0 Å². The fraction of sp³-hybridized carbons (Fsp3) is 0.706. The van der Waals surface area contributed by atoms with Gasteiger partial charge in [0.15, 0.2) is 0 Å². The summed E-state index contributed by atoms with van der Waals surface area (Å²) in [6.45, 7) is 9.31. The zero-order valence-electron chi connectivity index (χ0n) is 15.5. The second kappa shape index (κ2) is 10.7. The van der Waals surface area contributed by atoms with Crippen LogP contribution in [0.3, 0.4) is 0 Å². The van der Waals surface area contributed by atoms with Crippen molar-refractivity contribution in [1.82, 2.24) is 10.2 Å². The molecule has 1 unspecified atom stereocenters. The van der Waals surface area contributed by atoms with Crippen LogP contribution >= 0.6 is 0 Å². The number of hydrogen-bond acceptors (Lipinski definition) is 5. The fourth-order valence-corrected chi connectivity index (χ4v) is 1.70. The predicted molar refractivity (Wildman–Crippen MR) is 91.5 cm³/mol. The molecule has 0 aliphatic heterocycles. The molecule has 0 spiro atoms. The maximum absolute atomic E-state index is 12.0. The molecule has 0 heterocycles. The molecule has 0 rings (SSSR count). The molecule has 0 aliphatic carbocycles. The molecule has 0 saturated heterocycles. The number of amides is 2. The zero-order chi connectivity index (χ0) is 18.8. The first-order valence-corrected chi connectivity index (χ1v) is 8.12. The summed E-state index contributed by atoms with van der Waals surface area (Å²) < 4.78 is 10.2. The molecule has 0 bridgehead atoms. The first-order valence-electron chi connectivity index (χ1n) is 8.12. The monoisotopic (exact) mass is 342 g/mol. The second-order valence-corrected chi connectivity index (χ2v) is 6.33. The summed E-state index contributed by atoms with van der Waals surface area (Å²) in [5.74, 6) is -0.794. The van der Waals surface area contributed by atoms with E-state index in [1.54, 1.807) is 46.9 Å². The molecule has 138 valence electrons. The summed E-state index contributed by atoms with van der Waals surface area (Å²) in [6, 6.07) is -0.722. The summed E-state index contributed by atoms with van der Waals surface area (Å²) in [7, 11) is 1.56. The summed E-state index contributed by atoms with van der Waals surface area (Å²) >= 11 is 0. The lowest BCUT2D eigenvalue weighted by Gasteiger charge is -2.24. The van der Waals surface area contributed by atoms with E-state index in [1.165, 1.54) is 4.90 Å². The maximum atomic E-state index is 12.0. The summed E-state index contributed by atoms with van der Waals surface area (Å²) in [5, 5.41) is 2.64. The summed E-state index contributed by atoms with van der Waals surface area (Å²) in [5.41, 5.74) is -0.588. The Morgan fingerprint density at radius 3 is 2.38 bits per heavy atom. The van der Waals surface area contributed by atoms with Crippen LogP contribution in [0.5, 0.6) is 0 Å². The van der Waals surface area contributed by atoms with Gasteiger partial charge in [-0.15, -0.1) is 0 Å². The van der Waals surface area contributed by atoms with Gasteiger partial charge < -0.3 is 19.7 Å². The third-order valence-corrected chi connectivity index (χ3v) is 2.89. The van der Waals surface area contributed by atoms with Gasteiger partial charge in [-0.05, 0) is 41.0 Å². The Balaban J connectivity index is 4.47. The largest absolute Gasteiger partial charge is 0.464 e. The zero-order valence-corrected chi connectivity index (χ0v) is 15.5. The minimum absolute atomic E-state index is 0.0709. The number of esters is 1. The van der Waals surface area contributed by atoms with Crippen LogP contribution in [0, 0.1) is 0 Å². The molecule has 1 N–H and O–H groups in total. The second-order valence-electron chi connectivity index (χ2n) is 6.33. The van der Waals surface area contributed by atoms with E-state index in [2.05, 4.69) is 5.32 Å². The van der Waals surface area contributed by atoms with Gasteiger partial charge in [0.2, 0.25) is 5.91 Å². The van der Waals surface area contributed by atoms with Gasteiger partial charge in [0.1, 0.15) is 11.6 Å². The van der Waals surface area contributed by atoms with Crippen LogP contribution in [0.2, 0.25) is 0 Å². The quantitative estimate of drug-likeness (QED) is 0.540. The minimum atomic E-state index is -0.722. The van der Waals surface area contributed by atoms with E-state index in [-0.39, 0.29) is 25.5 Å². The third kappa shape index (κ3) is 9.86. The number of ether oxygens (including phenoxy) is 2. The molecule has 1 atom stereocenters. The van der Waals surface area contributed by atoms with E-state index in [9.17, 15) is 14.4 Å². The Bertz CT molecular complexity index is 454. The van der Waals surface area contributed by atoms with E-state index in [4.69, 9.17) is 9.47 Å². The predicted octanol–water partition coefficient (Wildman–Crippen LogP) is 2.26. The van der Waals surface area contributed by atoms with Crippen molar-refractivity contribution in [1.29, 1.82) is 0 Å². The highest BCUT2D eigenvalue weighted by Crippen LogP contribution is 2.09. The summed E-state index contributed by atoms with van der Waals surface area (Å²) in [6.07, 6.45) is 3.53. The normalized spacial score (nSPS) is 12.6. The lowest BCUT2D eigenvalue weighted by atomic mass is 10.2. The van der Waals surface area contributed by atoms with Gasteiger partial charge in [0.05, 0.1) is 6.61 Å². The highest BCUT2D eigenvalue weighted by atomic mass is 16.6. The molecule has 24 heavy (non-hydrogen) atoms. The number of rotatable bonds is 8. The molecule has 0 aromatic heterocycles. The van der Waals surface area contributed by atoms with Gasteiger partial charge in [0.25, 0.3) is 0 Å². The van der Waals surface area contributed by atoms with Crippen LogP contribution in [0.4, 0.5) is 4.79 Å². The van der Waals surface area contributed by atoms with Crippen molar-refractivity contribution in [3.63, 3.8) is 0 Å². The van der Waals surface area contributed by atoms with Crippen LogP contribution in [-0.2, 0) is 19.1 Å². The van der Waals surface area contributed by atoms with Crippen molar-refractivity contribution >= 4 is 18.0 Å². The highest BCUT2D eigenvalue weighted by Gasteiger charge is 2.22. The molecule has 0 radical (unpaired) electrons. The van der Waals surface area contributed by atoms with Crippen LogP contribution in [0.1, 0.15) is 47.5 Å². The first-order chi connectivity index (χ1) is 11.1. The minimum Gasteiger partial charge on any atom is -0.464 e. The van der Waals surface area contributed by atoms with Gasteiger partial charge in [-0.25, -0.2) is 9.59 Å². The molecular weight excluding hydrogens is 312 g/mol. The molecule has 0 aromatic carbocycles. The number of carbonyl (C=O) groups excluding carboxylic acids is 3. The number of allylic oxidation sites excluding steroid dienone is 1. The van der Waals surface area contributed by atoms with E-state index in [0.29, 0.717) is 6.42 Å². The maximum Gasteiger partial charge on any atom is 0.410 e. The SMILES string of the molecule is C/C=C/CC(NC(=O)CCN(C)C(=O)OC(C)(C)C)C(=O)OCC. The average molecular weight is 342 g/mol. The highest BCUT2D eigenvalue weighted by molar-refractivity contribution is 5.84. The van der Waals surface area contributed by atoms with Crippen molar-refractivity contribution in [2.24, 2.45) is 0 Å². The molecule has 0 saturated carbocycles. The molecule has 0 aliphatic rings. The standard InChI is InChI=1S/C17H30N2O5/c1-7-9-10-13(15(21)23-8-2)18-14(20)11-12-19(6)16(22)24-17(3,4)5/h7,9,13H,8,10-12H2,1-6H3,(H,18,20)/b9-7+. The fourth-order valence-electron chi connectivity index (χ4n) is 1.70. The lowest BCUT2D eigenvalue weighted by molar-refractivity contribution is -0.147. The van der Waals surface area contributed by atoms with Crippen molar-refractivity contribution in [3.8, 4) is 0 Å². The van der Waals surface area contributed by atoms with Gasteiger partial charge >= 0.3 is 12.1 Å². The van der Waals surface area contributed by atoms with E-state index in [1.807, 2.05) is 6.92 Å². The third-order valence-electron chi connectivity index (χ3n) is 2.89. The van der Waals surface area contributed by atoms with Crippen molar-refractivity contribution in [3.05, 3.63) is 12.2 Å². The molecule has 0 aromatic rings. The smallest absolute Gasteiger partial charge is 0.410 e. The Kier molecular flexibility index (Phi) is 9.76. The van der Waals surface area contributed by atoms with Gasteiger partial charge in [-0.2, -0.15) is 0 Å². The van der Waals surface area contributed by atoms with E-state index < -0.39 is 23.7 Å². The van der Waals surface area contributed by atoms with Crippen LogP contribution in [0.25, 0.3) is 0 Å². The molecule has 0 fully saturated rings. The van der Waals surface area contributed by atoms with Gasteiger partial charge in [-0.1, -0.05) is 12.2 Å². The number of nitrogens with one attached hydrogen (secondary N) is 1. The van der Waals surface area contributed by atoms with Crippen LogP contribution < -0.4 is 5.32 Å². The Labute approximate surface area is 144 Å². The van der Waals surface area contributed by atoms with E-state index >= 15 is 0 Å². The molecule has 7 nitrogen and oxygen atoms in total. The van der Waals surface area contributed by atoms with Crippen LogP contribution in [0.15, 0.2) is 12.2 Å². The Morgan fingerprint density at radius 1 is 1.25 bits per heavy atom. The summed E-state index contributed by atoms with van der Waals surface area (Å²) in [4.78, 5) is 37.0. The first kappa shape index (κ1) is 21.9. The Hall–Kier alpha value is -2.05.